The Bertz CT molecular complexity index is 314. The van der Waals surface area contributed by atoms with Crippen LogP contribution in [0.25, 0.3) is 0 Å². The van der Waals surface area contributed by atoms with E-state index in [1.54, 1.807) is 0 Å². The van der Waals surface area contributed by atoms with Crippen LogP contribution in [0.5, 0.6) is 0 Å². The zero-order valence-electron chi connectivity index (χ0n) is 12.4. The number of rotatable bonds is 11. The molecule has 0 unspecified atom stereocenters. The number of unbranched alkanes of at least 4 members (excludes halogenated alkanes) is 4. The molecule has 0 aromatic carbocycles. The molecule has 3 heteroatoms. The van der Waals surface area contributed by atoms with Gasteiger partial charge < -0.3 is 5.32 Å². The lowest BCUT2D eigenvalue weighted by molar-refractivity contribution is 0.419. The Kier molecular flexibility index (Phi) is 9.84. The Morgan fingerprint density at radius 1 is 1.11 bits per heavy atom. The predicted molar refractivity (Wildman–Crippen MR) is 90.9 cm³/mol. The quantitative estimate of drug-likeness (QED) is 0.475. The van der Waals surface area contributed by atoms with Gasteiger partial charge in [0.2, 0.25) is 0 Å². The number of thiophene rings is 1. The third-order valence-corrected chi connectivity index (χ3v) is 5.48. The minimum absolute atomic E-state index is 0.701. The second-order valence-electron chi connectivity index (χ2n) is 5.26. The van der Waals surface area contributed by atoms with E-state index in [0.717, 1.165) is 6.54 Å². The first kappa shape index (κ1) is 17.2. The Balaban J connectivity index is 2.32. The van der Waals surface area contributed by atoms with Crippen LogP contribution in [0, 0.1) is 0 Å². The highest BCUT2D eigenvalue weighted by molar-refractivity contribution is 9.10. The van der Waals surface area contributed by atoms with Gasteiger partial charge >= 0.3 is 0 Å². The summed E-state index contributed by atoms with van der Waals surface area (Å²) in [5.74, 6) is 0. The maximum Gasteiger partial charge on any atom is 0.0327 e. The predicted octanol–water partition coefficient (Wildman–Crippen LogP) is 6.13. The van der Waals surface area contributed by atoms with Gasteiger partial charge in [0.05, 0.1) is 0 Å². The van der Waals surface area contributed by atoms with E-state index in [1.165, 1.54) is 60.7 Å². The van der Waals surface area contributed by atoms with Crippen molar-refractivity contribution in [3.8, 4) is 0 Å². The molecule has 1 heterocycles. The fraction of sp³-hybridized carbons (Fsp3) is 0.750. The van der Waals surface area contributed by atoms with Gasteiger partial charge in [-0.1, -0.05) is 52.4 Å². The smallest absolute Gasteiger partial charge is 0.0327 e. The largest absolute Gasteiger partial charge is 0.309 e. The highest BCUT2D eigenvalue weighted by Crippen LogP contribution is 2.23. The van der Waals surface area contributed by atoms with Crippen LogP contribution in [-0.2, 0) is 6.54 Å². The third-order valence-electron chi connectivity index (χ3n) is 3.55. The molecular weight excluding hydrogens is 318 g/mol. The van der Waals surface area contributed by atoms with Crippen LogP contribution >= 0.6 is 27.3 Å². The van der Waals surface area contributed by atoms with E-state index in [-0.39, 0.29) is 0 Å². The van der Waals surface area contributed by atoms with Crippen LogP contribution in [-0.4, -0.2) is 6.04 Å². The van der Waals surface area contributed by atoms with E-state index in [0.29, 0.717) is 6.04 Å². The molecule has 0 amide bonds. The maximum absolute atomic E-state index is 3.76. The molecule has 0 atom stereocenters. The second-order valence-corrected chi connectivity index (χ2v) is 7.12. The summed E-state index contributed by atoms with van der Waals surface area (Å²) in [5.41, 5.74) is 0. The zero-order valence-corrected chi connectivity index (χ0v) is 14.8. The van der Waals surface area contributed by atoms with Gasteiger partial charge in [-0.3, -0.25) is 0 Å². The molecule has 0 radical (unpaired) electrons. The van der Waals surface area contributed by atoms with E-state index < -0.39 is 0 Å². The number of hydrogen-bond acceptors (Lipinski definition) is 2. The van der Waals surface area contributed by atoms with E-state index in [9.17, 15) is 0 Å². The Morgan fingerprint density at radius 2 is 1.74 bits per heavy atom. The van der Waals surface area contributed by atoms with Gasteiger partial charge in [-0.15, -0.1) is 11.3 Å². The average molecular weight is 346 g/mol. The summed E-state index contributed by atoms with van der Waals surface area (Å²) in [6, 6.07) is 2.84. The SMILES string of the molecule is CCCCCC(CCCCC)NCc1sccc1Br. The summed E-state index contributed by atoms with van der Waals surface area (Å²) < 4.78 is 1.26. The van der Waals surface area contributed by atoms with Crippen molar-refractivity contribution in [3.05, 3.63) is 20.8 Å². The Labute approximate surface area is 131 Å². The number of nitrogens with one attached hydrogen (secondary N) is 1. The molecule has 0 fully saturated rings. The van der Waals surface area contributed by atoms with Gasteiger partial charge in [0, 0.05) is 21.9 Å². The summed E-state index contributed by atoms with van der Waals surface area (Å²) in [5, 5.41) is 5.92. The molecule has 110 valence electrons. The van der Waals surface area contributed by atoms with Crippen molar-refractivity contribution >= 4 is 27.3 Å². The van der Waals surface area contributed by atoms with Crippen molar-refractivity contribution in [1.82, 2.24) is 5.32 Å². The molecule has 1 nitrogen and oxygen atoms in total. The van der Waals surface area contributed by atoms with Gasteiger partial charge in [-0.25, -0.2) is 0 Å². The monoisotopic (exact) mass is 345 g/mol. The molecule has 0 aliphatic carbocycles. The molecule has 1 aromatic rings. The van der Waals surface area contributed by atoms with Crippen molar-refractivity contribution in [2.75, 3.05) is 0 Å². The third kappa shape index (κ3) is 7.48. The topological polar surface area (TPSA) is 12.0 Å². The molecule has 0 saturated carbocycles. The summed E-state index contributed by atoms with van der Waals surface area (Å²) in [7, 11) is 0. The van der Waals surface area contributed by atoms with Crippen LogP contribution in [0.1, 0.15) is 70.1 Å². The van der Waals surface area contributed by atoms with Gasteiger partial charge in [0.25, 0.3) is 0 Å². The lowest BCUT2D eigenvalue weighted by Crippen LogP contribution is -2.28. The first-order chi connectivity index (χ1) is 9.27. The Morgan fingerprint density at radius 3 is 2.21 bits per heavy atom. The number of halogens is 1. The molecule has 1 aromatic heterocycles. The fourth-order valence-corrected chi connectivity index (χ4v) is 3.76. The van der Waals surface area contributed by atoms with Crippen LogP contribution in [0.4, 0.5) is 0 Å². The van der Waals surface area contributed by atoms with Crippen molar-refractivity contribution < 1.29 is 0 Å². The summed E-state index contributed by atoms with van der Waals surface area (Å²) >= 11 is 5.45. The zero-order chi connectivity index (χ0) is 13.9. The molecule has 0 spiro atoms. The standard InChI is InChI=1S/C16H28BrNS/c1-3-5-7-9-14(10-8-6-4-2)18-13-16-15(17)11-12-19-16/h11-12,14,18H,3-10,13H2,1-2H3. The molecule has 1 N–H and O–H groups in total. The van der Waals surface area contributed by atoms with E-state index in [1.807, 2.05) is 11.3 Å². The van der Waals surface area contributed by atoms with Gasteiger partial charge in [0.15, 0.2) is 0 Å². The highest BCUT2D eigenvalue weighted by Gasteiger charge is 2.09. The average Bonchev–Trinajstić information content (AvgIpc) is 2.81. The molecule has 0 aliphatic heterocycles. The summed E-state index contributed by atoms with van der Waals surface area (Å²) in [4.78, 5) is 1.43. The maximum atomic E-state index is 3.76. The minimum atomic E-state index is 0.701. The lowest BCUT2D eigenvalue weighted by Gasteiger charge is -2.18. The minimum Gasteiger partial charge on any atom is -0.309 e. The second kappa shape index (κ2) is 10.9. The summed E-state index contributed by atoms with van der Waals surface area (Å²) in [6.07, 6.45) is 10.8. The fourth-order valence-electron chi connectivity index (χ4n) is 2.32. The number of hydrogen-bond donors (Lipinski definition) is 1. The van der Waals surface area contributed by atoms with Crippen molar-refractivity contribution in [2.24, 2.45) is 0 Å². The molecule has 19 heavy (non-hydrogen) atoms. The van der Waals surface area contributed by atoms with Crippen LogP contribution < -0.4 is 5.32 Å². The molecule has 1 rings (SSSR count). The van der Waals surface area contributed by atoms with E-state index in [2.05, 4.69) is 46.5 Å². The Hall–Kier alpha value is 0.140. The van der Waals surface area contributed by atoms with Crippen LogP contribution in [0.3, 0.4) is 0 Å². The normalized spacial score (nSPS) is 11.4. The van der Waals surface area contributed by atoms with Crippen molar-refractivity contribution in [2.45, 2.75) is 77.8 Å². The van der Waals surface area contributed by atoms with Crippen LogP contribution in [0.2, 0.25) is 0 Å². The van der Waals surface area contributed by atoms with Gasteiger partial charge in [-0.05, 0) is 40.2 Å². The van der Waals surface area contributed by atoms with Crippen molar-refractivity contribution in [1.29, 1.82) is 0 Å². The summed E-state index contributed by atoms with van der Waals surface area (Å²) in [6.45, 7) is 5.58. The van der Waals surface area contributed by atoms with E-state index >= 15 is 0 Å². The van der Waals surface area contributed by atoms with Crippen LogP contribution in [0.15, 0.2) is 15.9 Å². The lowest BCUT2D eigenvalue weighted by atomic mass is 10.0. The van der Waals surface area contributed by atoms with Gasteiger partial charge in [0.1, 0.15) is 0 Å². The van der Waals surface area contributed by atoms with E-state index in [4.69, 9.17) is 0 Å². The molecule has 0 saturated heterocycles. The highest BCUT2D eigenvalue weighted by atomic mass is 79.9. The first-order valence-corrected chi connectivity index (χ1v) is 9.40. The molecule has 0 aliphatic rings. The first-order valence-electron chi connectivity index (χ1n) is 7.73. The molecular formula is C16H28BrNS. The molecule has 0 bridgehead atoms. The van der Waals surface area contributed by atoms with Gasteiger partial charge in [-0.2, -0.15) is 0 Å². The van der Waals surface area contributed by atoms with Crippen molar-refractivity contribution in [3.63, 3.8) is 0 Å².